The Hall–Kier alpha value is -1.36. The SMILES string of the molecule is CCOC(=O)C(=O)c1cnc(SC)c(C)c1. The molecule has 4 nitrogen and oxygen atoms in total. The number of carbonyl (C=O) groups is 2. The van der Waals surface area contributed by atoms with E-state index in [9.17, 15) is 9.59 Å². The third-order valence-electron chi connectivity index (χ3n) is 1.95. The van der Waals surface area contributed by atoms with E-state index in [1.54, 1.807) is 13.0 Å². The van der Waals surface area contributed by atoms with Crippen molar-refractivity contribution < 1.29 is 14.3 Å². The molecular formula is C11H13NO3S. The Balaban J connectivity index is 2.93. The standard InChI is InChI=1S/C11H13NO3S/c1-4-15-11(14)9(13)8-5-7(2)10(16-3)12-6-8/h5-6H,4H2,1-3H3. The summed E-state index contributed by atoms with van der Waals surface area (Å²) in [5, 5.41) is 0.848. The molecule has 0 aliphatic carbocycles. The molecule has 0 N–H and O–H groups in total. The highest BCUT2D eigenvalue weighted by atomic mass is 32.2. The van der Waals surface area contributed by atoms with Crippen molar-refractivity contribution in [2.24, 2.45) is 0 Å². The molecule has 0 aromatic carbocycles. The Morgan fingerprint density at radius 3 is 2.69 bits per heavy atom. The second-order valence-electron chi connectivity index (χ2n) is 3.10. The number of carbonyl (C=O) groups excluding carboxylic acids is 2. The lowest BCUT2D eigenvalue weighted by Crippen LogP contribution is -2.17. The molecule has 1 rings (SSSR count). The summed E-state index contributed by atoms with van der Waals surface area (Å²) in [4.78, 5) is 26.9. The van der Waals surface area contributed by atoms with E-state index in [1.807, 2.05) is 13.2 Å². The van der Waals surface area contributed by atoms with E-state index >= 15 is 0 Å². The van der Waals surface area contributed by atoms with Crippen LogP contribution in [0.4, 0.5) is 0 Å². The number of pyridine rings is 1. The number of hydrogen-bond acceptors (Lipinski definition) is 5. The summed E-state index contributed by atoms with van der Waals surface area (Å²) in [6, 6.07) is 1.65. The highest BCUT2D eigenvalue weighted by Gasteiger charge is 2.18. The average Bonchev–Trinajstić information content (AvgIpc) is 2.28. The molecule has 0 aliphatic heterocycles. The first kappa shape index (κ1) is 12.7. The summed E-state index contributed by atoms with van der Waals surface area (Å²) in [6.07, 6.45) is 3.31. The number of rotatable bonds is 4. The molecule has 0 fully saturated rings. The topological polar surface area (TPSA) is 56.3 Å². The molecule has 0 atom stereocenters. The molecule has 0 bridgehead atoms. The minimum atomic E-state index is -0.833. The largest absolute Gasteiger partial charge is 0.460 e. The van der Waals surface area contributed by atoms with Crippen LogP contribution in [0.3, 0.4) is 0 Å². The first-order valence-corrected chi connectivity index (χ1v) is 6.04. The van der Waals surface area contributed by atoms with Gasteiger partial charge in [0.05, 0.1) is 11.6 Å². The summed E-state index contributed by atoms with van der Waals surface area (Å²) in [5.74, 6) is -1.48. The molecule has 0 unspecified atom stereocenters. The second-order valence-corrected chi connectivity index (χ2v) is 3.89. The Kier molecular flexibility index (Phi) is 4.49. The van der Waals surface area contributed by atoms with Crippen LogP contribution in [0.25, 0.3) is 0 Å². The highest BCUT2D eigenvalue weighted by Crippen LogP contribution is 2.17. The zero-order valence-electron chi connectivity index (χ0n) is 9.44. The zero-order valence-corrected chi connectivity index (χ0v) is 10.3. The minimum absolute atomic E-state index is 0.194. The quantitative estimate of drug-likeness (QED) is 0.347. The molecule has 16 heavy (non-hydrogen) atoms. The van der Waals surface area contributed by atoms with Gasteiger partial charge in [0.2, 0.25) is 0 Å². The van der Waals surface area contributed by atoms with Crippen LogP contribution < -0.4 is 0 Å². The van der Waals surface area contributed by atoms with Gasteiger partial charge in [0.15, 0.2) is 0 Å². The highest BCUT2D eigenvalue weighted by molar-refractivity contribution is 7.98. The number of aryl methyl sites for hydroxylation is 1. The monoisotopic (exact) mass is 239 g/mol. The summed E-state index contributed by atoms with van der Waals surface area (Å²) >= 11 is 1.50. The van der Waals surface area contributed by atoms with Gasteiger partial charge in [0.1, 0.15) is 0 Å². The van der Waals surface area contributed by atoms with Crippen LogP contribution in [0, 0.1) is 6.92 Å². The molecule has 86 valence electrons. The summed E-state index contributed by atoms with van der Waals surface area (Å²) in [7, 11) is 0. The minimum Gasteiger partial charge on any atom is -0.460 e. The molecule has 0 spiro atoms. The van der Waals surface area contributed by atoms with E-state index in [-0.39, 0.29) is 12.2 Å². The number of ketones is 1. The molecule has 5 heteroatoms. The van der Waals surface area contributed by atoms with E-state index < -0.39 is 11.8 Å². The van der Waals surface area contributed by atoms with E-state index in [0.717, 1.165) is 10.6 Å². The van der Waals surface area contributed by atoms with Gasteiger partial charge in [0, 0.05) is 11.8 Å². The van der Waals surface area contributed by atoms with Crippen LogP contribution in [-0.2, 0) is 9.53 Å². The molecule has 0 aliphatic rings. The second kappa shape index (κ2) is 5.65. The fourth-order valence-electron chi connectivity index (χ4n) is 1.21. The third-order valence-corrected chi connectivity index (χ3v) is 2.76. The Bertz CT molecular complexity index is 418. The Morgan fingerprint density at radius 1 is 1.50 bits per heavy atom. The van der Waals surface area contributed by atoms with Crippen LogP contribution >= 0.6 is 11.8 Å². The van der Waals surface area contributed by atoms with Crippen molar-refractivity contribution in [3.05, 3.63) is 23.4 Å². The number of thioether (sulfide) groups is 1. The molecule has 0 saturated carbocycles. The van der Waals surface area contributed by atoms with E-state index in [2.05, 4.69) is 9.72 Å². The zero-order chi connectivity index (χ0) is 12.1. The maximum Gasteiger partial charge on any atom is 0.379 e. The maximum atomic E-state index is 11.6. The van der Waals surface area contributed by atoms with Gasteiger partial charge in [-0.3, -0.25) is 4.79 Å². The predicted octanol–water partition coefficient (Wildman–Crippen LogP) is 1.86. The van der Waals surface area contributed by atoms with Gasteiger partial charge in [-0.15, -0.1) is 11.8 Å². The van der Waals surface area contributed by atoms with Gasteiger partial charge in [-0.05, 0) is 31.7 Å². The van der Waals surface area contributed by atoms with Gasteiger partial charge in [-0.25, -0.2) is 9.78 Å². The van der Waals surface area contributed by atoms with E-state index in [0.29, 0.717) is 0 Å². The number of nitrogens with zero attached hydrogens (tertiary/aromatic N) is 1. The van der Waals surface area contributed by atoms with Crippen molar-refractivity contribution >= 4 is 23.5 Å². The smallest absolute Gasteiger partial charge is 0.379 e. The summed E-state index contributed by atoms with van der Waals surface area (Å²) in [6.45, 7) is 3.70. The van der Waals surface area contributed by atoms with Crippen LogP contribution in [0.1, 0.15) is 22.8 Å². The number of hydrogen-bond donors (Lipinski definition) is 0. The van der Waals surface area contributed by atoms with E-state index in [4.69, 9.17) is 0 Å². The number of Topliss-reactive ketones (excluding diaryl/α,β-unsaturated/α-hetero) is 1. The number of esters is 1. The molecule has 1 aromatic heterocycles. The van der Waals surface area contributed by atoms with Crippen molar-refractivity contribution in [2.45, 2.75) is 18.9 Å². The molecular weight excluding hydrogens is 226 g/mol. The van der Waals surface area contributed by atoms with Crippen LogP contribution in [-0.4, -0.2) is 29.6 Å². The lowest BCUT2D eigenvalue weighted by atomic mass is 10.1. The van der Waals surface area contributed by atoms with Gasteiger partial charge in [-0.1, -0.05) is 0 Å². The van der Waals surface area contributed by atoms with Crippen molar-refractivity contribution in [1.82, 2.24) is 4.98 Å². The molecule has 0 saturated heterocycles. The molecule has 1 aromatic rings. The number of aromatic nitrogens is 1. The molecule has 0 radical (unpaired) electrons. The van der Waals surface area contributed by atoms with Crippen molar-refractivity contribution in [1.29, 1.82) is 0 Å². The fraction of sp³-hybridized carbons (Fsp3) is 0.364. The molecule has 1 heterocycles. The first-order chi connectivity index (χ1) is 7.60. The Labute approximate surface area is 98.4 Å². The van der Waals surface area contributed by atoms with Crippen molar-refractivity contribution in [3.63, 3.8) is 0 Å². The van der Waals surface area contributed by atoms with E-state index in [1.165, 1.54) is 18.0 Å². The number of ether oxygens (including phenoxy) is 1. The van der Waals surface area contributed by atoms with Crippen LogP contribution in [0.5, 0.6) is 0 Å². The fourth-order valence-corrected chi connectivity index (χ4v) is 1.75. The first-order valence-electron chi connectivity index (χ1n) is 4.82. The van der Waals surface area contributed by atoms with Crippen LogP contribution in [0.2, 0.25) is 0 Å². The lowest BCUT2D eigenvalue weighted by molar-refractivity contribution is -0.137. The predicted molar refractivity (Wildman–Crippen MR) is 61.7 cm³/mol. The summed E-state index contributed by atoms with van der Waals surface area (Å²) < 4.78 is 4.63. The average molecular weight is 239 g/mol. The lowest BCUT2D eigenvalue weighted by Gasteiger charge is -2.04. The van der Waals surface area contributed by atoms with Gasteiger partial charge in [0.25, 0.3) is 5.78 Å². The molecule has 0 amide bonds. The third kappa shape index (κ3) is 2.82. The maximum absolute atomic E-state index is 11.6. The Morgan fingerprint density at radius 2 is 2.19 bits per heavy atom. The van der Waals surface area contributed by atoms with Crippen molar-refractivity contribution in [3.8, 4) is 0 Å². The van der Waals surface area contributed by atoms with Gasteiger partial charge in [-0.2, -0.15) is 0 Å². The van der Waals surface area contributed by atoms with Crippen LogP contribution in [0.15, 0.2) is 17.3 Å². The van der Waals surface area contributed by atoms with Crippen molar-refractivity contribution in [2.75, 3.05) is 12.9 Å². The summed E-state index contributed by atoms with van der Waals surface area (Å²) in [5.41, 5.74) is 1.15. The van der Waals surface area contributed by atoms with Gasteiger partial charge >= 0.3 is 5.97 Å². The normalized spacial score (nSPS) is 9.94. The van der Waals surface area contributed by atoms with Gasteiger partial charge < -0.3 is 4.74 Å².